The molecule has 2 rings (SSSR count). The van der Waals surface area contributed by atoms with Crippen molar-refractivity contribution >= 4 is 5.97 Å². The van der Waals surface area contributed by atoms with Crippen molar-refractivity contribution < 1.29 is 14.3 Å². The largest absolute Gasteiger partial charge is 0.481 e. The molecule has 0 aliphatic carbocycles. The van der Waals surface area contributed by atoms with Crippen LogP contribution in [0.25, 0.3) is 11.6 Å². The molecule has 0 atom stereocenters. The summed E-state index contributed by atoms with van der Waals surface area (Å²) in [7, 11) is 0. The van der Waals surface area contributed by atoms with E-state index in [4.69, 9.17) is 9.52 Å². The first-order valence-electron chi connectivity index (χ1n) is 5.46. The molecule has 0 fully saturated rings. The summed E-state index contributed by atoms with van der Waals surface area (Å²) in [5, 5.41) is 20.4. The Balaban J connectivity index is 2.35. The zero-order valence-corrected chi connectivity index (χ0v) is 10.4. The molecule has 7 heteroatoms. The van der Waals surface area contributed by atoms with Crippen molar-refractivity contribution in [2.24, 2.45) is 5.41 Å². The molecule has 0 amide bonds. The molecule has 0 saturated carbocycles. The molecule has 1 N–H and O–H groups in total. The fraction of sp³-hybridized carbons (Fsp3) is 0.455. The number of rotatable bonds is 4. The Labute approximate surface area is 103 Å². The van der Waals surface area contributed by atoms with Crippen molar-refractivity contribution in [3.05, 3.63) is 17.9 Å². The fourth-order valence-corrected chi connectivity index (χ4v) is 1.52. The molecular weight excluding hydrogens is 236 g/mol. The van der Waals surface area contributed by atoms with E-state index < -0.39 is 11.4 Å². The Morgan fingerprint density at radius 2 is 2.28 bits per heavy atom. The maximum atomic E-state index is 11.1. The number of carboxylic acids is 1. The first-order valence-corrected chi connectivity index (χ1v) is 5.46. The molecule has 2 aromatic rings. The van der Waals surface area contributed by atoms with Gasteiger partial charge in [-0.1, -0.05) is 0 Å². The molecule has 0 spiro atoms. The minimum absolute atomic E-state index is 0.171. The third-order valence-electron chi connectivity index (χ3n) is 2.72. The van der Waals surface area contributed by atoms with E-state index in [1.807, 2.05) is 6.92 Å². The van der Waals surface area contributed by atoms with Gasteiger partial charge in [0.1, 0.15) is 0 Å². The summed E-state index contributed by atoms with van der Waals surface area (Å²) in [6.45, 7) is 5.29. The topological polar surface area (TPSA) is 94.0 Å². The number of nitrogens with zero attached hydrogens (tertiary/aromatic N) is 4. The van der Waals surface area contributed by atoms with Gasteiger partial charge in [0.05, 0.1) is 18.2 Å². The van der Waals surface area contributed by atoms with Gasteiger partial charge < -0.3 is 9.52 Å². The minimum atomic E-state index is -0.954. The zero-order chi connectivity index (χ0) is 13.3. The highest BCUT2D eigenvalue weighted by molar-refractivity contribution is 5.73. The van der Waals surface area contributed by atoms with Crippen LogP contribution < -0.4 is 0 Å². The summed E-state index contributed by atoms with van der Waals surface area (Å²) in [4.78, 5) is 11.1. The number of aliphatic carboxylic acids is 1. The smallest absolute Gasteiger partial charge is 0.310 e. The lowest BCUT2D eigenvalue weighted by Gasteiger charge is -2.18. The lowest BCUT2D eigenvalue weighted by atomic mass is 9.94. The van der Waals surface area contributed by atoms with Crippen molar-refractivity contribution in [1.29, 1.82) is 0 Å². The number of aromatic nitrogens is 4. The molecule has 0 saturated heterocycles. The molecule has 0 unspecified atom stereocenters. The van der Waals surface area contributed by atoms with Crippen LogP contribution in [0.1, 0.15) is 19.4 Å². The van der Waals surface area contributed by atoms with E-state index >= 15 is 0 Å². The number of aryl methyl sites for hydroxylation is 1. The molecule has 0 bridgehead atoms. The summed E-state index contributed by atoms with van der Waals surface area (Å²) in [5.74, 6) is 0.0909. The summed E-state index contributed by atoms with van der Waals surface area (Å²) in [6.07, 6.45) is 1.55. The number of furan rings is 1. The SMILES string of the molecule is Cc1ccoc1-c1nnnn1CC(C)(C)C(=O)O. The normalized spacial score (nSPS) is 11.7. The highest BCUT2D eigenvalue weighted by Crippen LogP contribution is 2.24. The van der Waals surface area contributed by atoms with E-state index in [-0.39, 0.29) is 6.54 Å². The highest BCUT2D eigenvalue weighted by atomic mass is 16.4. The van der Waals surface area contributed by atoms with Crippen LogP contribution >= 0.6 is 0 Å². The molecule has 2 heterocycles. The Morgan fingerprint density at radius 1 is 1.56 bits per heavy atom. The molecule has 2 aromatic heterocycles. The fourth-order valence-electron chi connectivity index (χ4n) is 1.52. The van der Waals surface area contributed by atoms with Gasteiger partial charge in [0, 0.05) is 0 Å². The van der Waals surface area contributed by atoms with E-state index in [2.05, 4.69) is 15.5 Å². The van der Waals surface area contributed by atoms with Crippen LogP contribution in [0, 0.1) is 12.3 Å². The van der Waals surface area contributed by atoms with Crippen LogP contribution in [-0.2, 0) is 11.3 Å². The molecule has 18 heavy (non-hydrogen) atoms. The second-order valence-corrected chi connectivity index (χ2v) is 4.78. The van der Waals surface area contributed by atoms with E-state index in [0.29, 0.717) is 11.6 Å². The van der Waals surface area contributed by atoms with Crippen molar-refractivity contribution in [3.63, 3.8) is 0 Å². The second-order valence-electron chi connectivity index (χ2n) is 4.78. The molecule has 0 radical (unpaired) electrons. The van der Waals surface area contributed by atoms with Crippen molar-refractivity contribution in [2.75, 3.05) is 0 Å². The van der Waals surface area contributed by atoms with Crippen LogP contribution in [0.15, 0.2) is 16.7 Å². The molecule has 0 aliphatic rings. The Bertz CT molecular complexity index is 570. The van der Waals surface area contributed by atoms with Crippen LogP contribution in [0.4, 0.5) is 0 Å². The molecule has 0 aliphatic heterocycles. The quantitative estimate of drug-likeness (QED) is 0.880. The summed E-state index contributed by atoms with van der Waals surface area (Å²) >= 11 is 0. The number of carboxylic acid groups (broad SMARTS) is 1. The van der Waals surface area contributed by atoms with Gasteiger partial charge in [0.25, 0.3) is 0 Å². The third-order valence-corrected chi connectivity index (χ3v) is 2.72. The Morgan fingerprint density at radius 3 is 2.83 bits per heavy atom. The molecule has 96 valence electrons. The Hall–Kier alpha value is -2.18. The standard InChI is InChI=1S/C11H14N4O3/c1-7-4-5-18-8(7)9-12-13-14-15(9)6-11(2,3)10(16)17/h4-5H,6H2,1-3H3,(H,16,17). The maximum absolute atomic E-state index is 11.1. The van der Waals surface area contributed by atoms with Crippen molar-refractivity contribution in [1.82, 2.24) is 20.2 Å². The van der Waals surface area contributed by atoms with Gasteiger partial charge >= 0.3 is 5.97 Å². The van der Waals surface area contributed by atoms with Crippen LogP contribution in [0.5, 0.6) is 0 Å². The van der Waals surface area contributed by atoms with E-state index in [0.717, 1.165) is 5.56 Å². The van der Waals surface area contributed by atoms with Gasteiger partial charge in [-0.2, -0.15) is 0 Å². The summed E-state index contributed by atoms with van der Waals surface area (Å²) in [5.41, 5.74) is -0.0517. The predicted octanol–water partition coefficient (Wildman–Crippen LogP) is 1.35. The average molecular weight is 250 g/mol. The lowest BCUT2D eigenvalue weighted by molar-refractivity contribution is -0.147. The summed E-state index contributed by atoms with van der Waals surface area (Å²) in [6, 6.07) is 1.80. The maximum Gasteiger partial charge on any atom is 0.310 e. The first-order chi connectivity index (χ1) is 8.42. The average Bonchev–Trinajstić information content (AvgIpc) is 2.86. The number of hydrogen-bond acceptors (Lipinski definition) is 5. The van der Waals surface area contributed by atoms with Crippen molar-refractivity contribution in [2.45, 2.75) is 27.3 Å². The lowest BCUT2D eigenvalue weighted by Crippen LogP contribution is -2.30. The minimum Gasteiger partial charge on any atom is -0.481 e. The first kappa shape index (κ1) is 12.3. The molecular formula is C11H14N4O3. The zero-order valence-electron chi connectivity index (χ0n) is 10.4. The van der Waals surface area contributed by atoms with Gasteiger partial charge in [-0.3, -0.25) is 4.79 Å². The Kier molecular flexibility index (Phi) is 2.90. The monoisotopic (exact) mass is 250 g/mol. The molecule has 7 nitrogen and oxygen atoms in total. The van der Waals surface area contributed by atoms with E-state index in [1.54, 1.807) is 26.2 Å². The third kappa shape index (κ3) is 2.11. The summed E-state index contributed by atoms with van der Waals surface area (Å²) < 4.78 is 6.76. The van der Waals surface area contributed by atoms with Crippen molar-refractivity contribution in [3.8, 4) is 11.6 Å². The number of tetrazole rings is 1. The van der Waals surface area contributed by atoms with Crippen LogP contribution in [-0.4, -0.2) is 31.3 Å². The predicted molar refractivity (Wildman–Crippen MR) is 61.7 cm³/mol. The number of carbonyl (C=O) groups is 1. The van der Waals surface area contributed by atoms with E-state index in [1.165, 1.54) is 4.68 Å². The van der Waals surface area contributed by atoms with Gasteiger partial charge in [0.2, 0.25) is 5.82 Å². The van der Waals surface area contributed by atoms with Gasteiger partial charge in [-0.15, -0.1) is 5.10 Å². The van der Waals surface area contributed by atoms with Gasteiger partial charge in [0.15, 0.2) is 5.76 Å². The van der Waals surface area contributed by atoms with Gasteiger partial charge in [-0.25, -0.2) is 4.68 Å². The van der Waals surface area contributed by atoms with Gasteiger partial charge in [-0.05, 0) is 42.8 Å². The van der Waals surface area contributed by atoms with Crippen LogP contribution in [0.3, 0.4) is 0 Å². The highest BCUT2D eigenvalue weighted by Gasteiger charge is 2.30. The number of hydrogen-bond donors (Lipinski definition) is 1. The van der Waals surface area contributed by atoms with E-state index in [9.17, 15) is 4.79 Å². The second kappa shape index (κ2) is 4.25. The molecule has 0 aromatic carbocycles. The van der Waals surface area contributed by atoms with Crippen LogP contribution in [0.2, 0.25) is 0 Å².